The highest BCUT2D eigenvalue weighted by atomic mass is 19.2. The molecule has 0 saturated heterocycles. The number of hydrogen-bond donors (Lipinski definition) is 0. The van der Waals surface area contributed by atoms with Crippen LogP contribution in [0.4, 0.5) is 17.6 Å². The van der Waals surface area contributed by atoms with Gasteiger partial charge in [-0.2, -0.15) is 4.39 Å². The molecule has 33 heavy (non-hydrogen) atoms. The van der Waals surface area contributed by atoms with E-state index in [1.165, 1.54) is 13.3 Å². The SMILES string of the molecule is CCCCCCCOc1ccc(C2CCC(/C=C/c3ccc(C)c(F)c3F)CC2)c(F)c1F. The van der Waals surface area contributed by atoms with Crippen molar-refractivity contribution in [2.75, 3.05) is 6.61 Å². The zero-order valence-corrected chi connectivity index (χ0v) is 19.6. The van der Waals surface area contributed by atoms with Gasteiger partial charge in [0.05, 0.1) is 6.61 Å². The van der Waals surface area contributed by atoms with Crippen molar-refractivity contribution in [3.63, 3.8) is 0 Å². The lowest BCUT2D eigenvalue weighted by Crippen LogP contribution is -2.14. The molecular weight excluding hydrogens is 428 g/mol. The quantitative estimate of drug-likeness (QED) is 0.253. The standard InChI is InChI=1S/C28H34F4O/c1-3-4-5-6-7-18-33-24-17-16-23(27(31)28(24)32)21-13-9-20(10-14-21)11-15-22-12-8-19(2)25(29)26(22)30/h8,11-12,15-17,20-21H,3-7,9-10,13-14,18H2,1-2H3/b15-11+. The van der Waals surface area contributed by atoms with Crippen LogP contribution < -0.4 is 4.74 Å². The highest BCUT2D eigenvalue weighted by Crippen LogP contribution is 2.39. The summed E-state index contributed by atoms with van der Waals surface area (Å²) in [5, 5.41) is 0. The molecule has 1 nitrogen and oxygen atoms in total. The second-order valence-electron chi connectivity index (χ2n) is 9.11. The molecule has 0 unspecified atom stereocenters. The molecule has 1 aliphatic rings. The predicted octanol–water partition coefficient (Wildman–Crippen LogP) is 8.89. The molecule has 1 aliphatic carbocycles. The molecule has 2 aromatic carbocycles. The lowest BCUT2D eigenvalue weighted by Gasteiger charge is -2.27. The molecular formula is C28H34F4O. The Balaban J connectivity index is 1.54. The normalized spacial score (nSPS) is 18.7. The molecule has 0 radical (unpaired) electrons. The van der Waals surface area contributed by atoms with Crippen molar-refractivity contribution >= 4 is 6.08 Å². The van der Waals surface area contributed by atoms with Crippen LogP contribution in [0.15, 0.2) is 30.3 Å². The maximum absolute atomic E-state index is 14.8. The van der Waals surface area contributed by atoms with Crippen LogP contribution in [0.3, 0.4) is 0 Å². The van der Waals surface area contributed by atoms with Gasteiger partial charge in [-0.1, -0.05) is 63.0 Å². The molecule has 180 valence electrons. The minimum Gasteiger partial charge on any atom is -0.490 e. The van der Waals surface area contributed by atoms with E-state index in [1.807, 2.05) is 6.08 Å². The average molecular weight is 463 g/mol. The Hall–Kier alpha value is -2.30. The Morgan fingerprint density at radius 3 is 2.27 bits per heavy atom. The second kappa shape index (κ2) is 12.2. The van der Waals surface area contributed by atoms with Crippen LogP contribution >= 0.6 is 0 Å². The summed E-state index contributed by atoms with van der Waals surface area (Å²) in [4.78, 5) is 0. The summed E-state index contributed by atoms with van der Waals surface area (Å²) in [5.74, 6) is -3.23. The third-order valence-corrected chi connectivity index (χ3v) is 6.65. The van der Waals surface area contributed by atoms with E-state index in [0.717, 1.165) is 38.5 Å². The van der Waals surface area contributed by atoms with Gasteiger partial charge in [0.25, 0.3) is 0 Å². The van der Waals surface area contributed by atoms with E-state index < -0.39 is 23.3 Å². The van der Waals surface area contributed by atoms with Crippen molar-refractivity contribution < 1.29 is 22.3 Å². The third kappa shape index (κ3) is 6.61. The Morgan fingerprint density at radius 1 is 0.818 bits per heavy atom. The third-order valence-electron chi connectivity index (χ3n) is 6.65. The van der Waals surface area contributed by atoms with Crippen LogP contribution in [0, 0.1) is 36.1 Å². The minimum atomic E-state index is -0.903. The maximum atomic E-state index is 14.8. The summed E-state index contributed by atoms with van der Waals surface area (Å²) >= 11 is 0. The minimum absolute atomic E-state index is 0.0179. The van der Waals surface area contributed by atoms with Crippen molar-refractivity contribution in [1.82, 2.24) is 0 Å². The first-order chi connectivity index (χ1) is 15.9. The molecule has 0 amide bonds. The monoisotopic (exact) mass is 462 g/mol. The lowest BCUT2D eigenvalue weighted by molar-refractivity contribution is 0.283. The molecule has 0 atom stereocenters. The van der Waals surface area contributed by atoms with Crippen LogP contribution in [0.2, 0.25) is 0 Å². The second-order valence-corrected chi connectivity index (χ2v) is 9.11. The van der Waals surface area contributed by atoms with E-state index in [-0.39, 0.29) is 28.7 Å². The molecule has 0 heterocycles. The summed E-state index contributed by atoms with van der Waals surface area (Å²) in [6.07, 6.45) is 11.9. The highest BCUT2D eigenvalue weighted by Gasteiger charge is 2.26. The largest absolute Gasteiger partial charge is 0.490 e. The summed E-state index contributed by atoms with van der Waals surface area (Å²) in [5.41, 5.74) is 0.911. The van der Waals surface area contributed by atoms with E-state index in [2.05, 4.69) is 6.92 Å². The van der Waals surface area contributed by atoms with E-state index >= 15 is 0 Å². The molecule has 3 rings (SSSR count). The fourth-order valence-corrected chi connectivity index (χ4v) is 4.51. The number of benzene rings is 2. The first-order valence-electron chi connectivity index (χ1n) is 12.2. The average Bonchev–Trinajstić information content (AvgIpc) is 2.82. The molecule has 0 bridgehead atoms. The summed E-state index contributed by atoms with van der Waals surface area (Å²) < 4.78 is 62.6. The van der Waals surface area contributed by atoms with Crippen molar-refractivity contribution in [1.29, 1.82) is 0 Å². The summed E-state index contributed by atoms with van der Waals surface area (Å²) in [6, 6.07) is 6.33. The van der Waals surface area contributed by atoms with Gasteiger partial charge in [-0.15, -0.1) is 0 Å². The van der Waals surface area contributed by atoms with Crippen molar-refractivity contribution in [2.45, 2.75) is 77.6 Å². The number of hydrogen-bond acceptors (Lipinski definition) is 1. The number of halogens is 4. The van der Waals surface area contributed by atoms with E-state index in [4.69, 9.17) is 4.74 Å². The van der Waals surface area contributed by atoms with Gasteiger partial charge in [0, 0.05) is 5.56 Å². The Morgan fingerprint density at radius 2 is 1.55 bits per heavy atom. The van der Waals surface area contributed by atoms with E-state index in [9.17, 15) is 17.6 Å². The molecule has 0 aromatic heterocycles. The van der Waals surface area contributed by atoms with Gasteiger partial charge in [-0.25, -0.2) is 13.2 Å². The smallest absolute Gasteiger partial charge is 0.200 e. The fourth-order valence-electron chi connectivity index (χ4n) is 4.51. The fraction of sp³-hybridized carbons (Fsp3) is 0.500. The first kappa shape index (κ1) is 25.3. The molecule has 2 aromatic rings. The van der Waals surface area contributed by atoms with E-state index in [0.29, 0.717) is 25.0 Å². The summed E-state index contributed by atoms with van der Waals surface area (Å²) in [6.45, 7) is 4.07. The van der Waals surface area contributed by atoms with Crippen LogP contribution in [0.1, 0.15) is 87.3 Å². The molecule has 0 aliphatic heterocycles. The lowest BCUT2D eigenvalue weighted by atomic mass is 9.78. The van der Waals surface area contributed by atoms with Gasteiger partial charge in [-0.3, -0.25) is 0 Å². The van der Waals surface area contributed by atoms with Crippen molar-refractivity contribution in [3.8, 4) is 5.75 Å². The molecule has 1 saturated carbocycles. The highest BCUT2D eigenvalue weighted by molar-refractivity contribution is 5.51. The Labute approximate surface area is 194 Å². The zero-order valence-electron chi connectivity index (χ0n) is 19.6. The zero-order chi connectivity index (χ0) is 23.8. The van der Waals surface area contributed by atoms with Crippen LogP contribution in [-0.2, 0) is 0 Å². The summed E-state index contributed by atoms with van der Waals surface area (Å²) in [7, 11) is 0. The Bertz CT molecular complexity index is 945. The number of aryl methyl sites for hydroxylation is 1. The van der Waals surface area contributed by atoms with Gasteiger partial charge in [0.2, 0.25) is 5.82 Å². The molecule has 5 heteroatoms. The number of ether oxygens (including phenoxy) is 1. The Kier molecular flexibility index (Phi) is 9.40. The number of allylic oxidation sites excluding steroid dienone is 1. The van der Waals surface area contributed by atoms with Gasteiger partial charge in [-0.05, 0) is 68.1 Å². The van der Waals surface area contributed by atoms with Gasteiger partial charge in [0.15, 0.2) is 23.2 Å². The molecule has 0 N–H and O–H groups in total. The van der Waals surface area contributed by atoms with Crippen LogP contribution in [-0.4, -0.2) is 6.61 Å². The molecule has 1 fully saturated rings. The van der Waals surface area contributed by atoms with Crippen molar-refractivity contribution in [2.24, 2.45) is 5.92 Å². The van der Waals surface area contributed by atoms with E-state index in [1.54, 1.807) is 30.3 Å². The first-order valence-corrected chi connectivity index (χ1v) is 12.2. The van der Waals surface area contributed by atoms with Crippen LogP contribution in [0.25, 0.3) is 6.08 Å². The predicted molar refractivity (Wildman–Crippen MR) is 125 cm³/mol. The van der Waals surface area contributed by atoms with Crippen LogP contribution in [0.5, 0.6) is 5.75 Å². The van der Waals surface area contributed by atoms with Gasteiger partial charge in [0.1, 0.15) is 0 Å². The van der Waals surface area contributed by atoms with Gasteiger partial charge >= 0.3 is 0 Å². The maximum Gasteiger partial charge on any atom is 0.200 e. The van der Waals surface area contributed by atoms with Gasteiger partial charge < -0.3 is 4.74 Å². The number of unbranched alkanes of at least 4 members (excludes halogenated alkanes) is 4. The van der Waals surface area contributed by atoms with Crippen molar-refractivity contribution in [3.05, 3.63) is 70.3 Å². The topological polar surface area (TPSA) is 9.23 Å². The number of rotatable bonds is 10. The molecule has 0 spiro atoms.